The summed E-state index contributed by atoms with van der Waals surface area (Å²) >= 11 is 6.23. The first kappa shape index (κ1) is 21.5. The molecule has 1 aromatic heterocycles. The van der Waals surface area contributed by atoms with Crippen molar-refractivity contribution in [3.8, 4) is 5.75 Å². The lowest BCUT2D eigenvalue weighted by molar-refractivity contribution is 0.102. The largest absolute Gasteiger partial charge is 0.487 e. The monoisotopic (exact) mass is 413 g/mol. The highest BCUT2D eigenvalue weighted by Gasteiger charge is 2.24. The molecule has 0 spiro atoms. The van der Waals surface area contributed by atoms with Crippen LogP contribution in [0.3, 0.4) is 0 Å². The molecule has 0 saturated carbocycles. The van der Waals surface area contributed by atoms with E-state index in [2.05, 4.69) is 20.9 Å². The van der Waals surface area contributed by atoms with Gasteiger partial charge in [0.2, 0.25) is 0 Å². The number of anilines is 1. The molecule has 27 heavy (non-hydrogen) atoms. The molecule has 2 N–H and O–H groups in total. The molecule has 9 heteroatoms. The second kappa shape index (κ2) is 9.39. The molecule has 148 valence electrons. The van der Waals surface area contributed by atoms with E-state index in [1.54, 1.807) is 18.2 Å². The van der Waals surface area contributed by atoms with Gasteiger partial charge >= 0.3 is 0 Å². The summed E-state index contributed by atoms with van der Waals surface area (Å²) in [5, 5.41) is 14.9. The number of ether oxygens (including phenoxy) is 1. The van der Waals surface area contributed by atoms with E-state index in [0.717, 1.165) is 31.6 Å². The van der Waals surface area contributed by atoms with Gasteiger partial charge in [0.25, 0.3) is 5.91 Å². The van der Waals surface area contributed by atoms with E-state index in [0.29, 0.717) is 22.2 Å². The molecule has 3 rings (SSSR count). The fourth-order valence-corrected chi connectivity index (χ4v) is 3.31. The number of para-hydroxylation sites is 1. The molecule has 7 nitrogen and oxygen atoms in total. The molecule has 2 heterocycles. The van der Waals surface area contributed by atoms with Gasteiger partial charge in [-0.25, -0.2) is 4.68 Å². The maximum absolute atomic E-state index is 12.7. The number of hydrogen-bond donors (Lipinski definition) is 2. The number of nitrogens with one attached hydrogen (secondary N) is 2. The quantitative estimate of drug-likeness (QED) is 0.781. The van der Waals surface area contributed by atoms with Gasteiger partial charge in [-0.2, -0.15) is 0 Å². The Labute approximate surface area is 170 Å². The molecular formula is C18H25Cl2N5O2. The average Bonchev–Trinajstić information content (AvgIpc) is 3.00. The highest BCUT2D eigenvalue weighted by molar-refractivity contribution is 6.32. The maximum atomic E-state index is 12.7. The lowest BCUT2D eigenvalue weighted by Crippen LogP contribution is -2.30. The first-order valence-electron chi connectivity index (χ1n) is 8.86. The summed E-state index contributed by atoms with van der Waals surface area (Å²) in [6.45, 7) is 7.58. The number of hydrogen-bond acceptors (Lipinski definition) is 5. The third-order valence-corrected chi connectivity index (χ3v) is 4.66. The van der Waals surface area contributed by atoms with Gasteiger partial charge in [-0.15, -0.1) is 17.5 Å². The number of carbonyl (C=O) groups excluding carboxylic acids is 1. The number of nitrogens with zero attached hydrogens (tertiary/aromatic N) is 3. The summed E-state index contributed by atoms with van der Waals surface area (Å²) in [7, 11) is 0. The Hall–Kier alpha value is -1.83. The Bertz CT molecular complexity index is 788. The molecule has 0 aliphatic carbocycles. The highest BCUT2D eigenvalue weighted by atomic mass is 35.5. The molecule has 1 amide bonds. The third-order valence-electron chi connectivity index (χ3n) is 4.37. The van der Waals surface area contributed by atoms with Crippen LogP contribution in [0, 0.1) is 6.92 Å². The van der Waals surface area contributed by atoms with Crippen LogP contribution in [-0.4, -0.2) is 40.1 Å². The number of carbonyl (C=O) groups is 1. The molecule has 0 radical (unpaired) electrons. The van der Waals surface area contributed by atoms with Crippen LogP contribution in [0.25, 0.3) is 0 Å². The Kier molecular flexibility index (Phi) is 7.47. The van der Waals surface area contributed by atoms with Crippen molar-refractivity contribution in [3.05, 3.63) is 34.6 Å². The first-order chi connectivity index (χ1) is 12.5. The second-order valence-corrected chi connectivity index (χ2v) is 7.09. The summed E-state index contributed by atoms with van der Waals surface area (Å²) in [4.78, 5) is 12.7. The van der Waals surface area contributed by atoms with Crippen molar-refractivity contribution < 1.29 is 9.53 Å². The van der Waals surface area contributed by atoms with E-state index in [9.17, 15) is 4.79 Å². The van der Waals surface area contributed by atoms with Gasteiger partial charge in [-0.1, -0.05) is 22.9 Å². The standard InChI is InChI=1S/C18H24ClN5O2.ClH/c1-11(2)26-17-14(19)5-4-6-15(17)21-18(25)16-12(3)24(23-22-16)13-7-9-20-10-8-13;/h4-6,11,13,20H,7-10H2,1-3H3,(H,21,25);1H. The number of halogens is 2. The smallest absolute Gasteiger partial charge is 0.278 e. The lowest BCUT2D eigenvalue weighted by atomic mass is 10.1. The van der Waals surface area contributed by atoms with Crippen molar-refractivity contribution in [3.63, 3.8) is 0 Å². The van der Waals surface area contributed by atoms with Gasteiger partial charge < -0.3 is 15.4 Å². The molecule has 0 unspecified atom stereocenters. The summed E-state index contributed by atoms with van der Waals surface area (Å²) in [5.74, 6) is 0.138. The zero-order chi connectivity index (χ0) is 18.7. The van der Waals surface area contributed by atoms with E-state index in [1.165, 1.54) is 0 Å². The third kappa shape index (κ3) is 4.91. The SMILES string of the molecule is Cc1c(C(=O)Nc2cccc(Cl)c2OC(C)C)nnn1C1CCNCC1.Cl. The Morgan fingerprint density at radius 2 is 2.07 bits per heavy atom. The predicted molar refractivity (Wildman–Crippen MR) is 108 cm³/mol. The minimum Gasteiger partial charge on any atom is -0.487 e. The lowest BCUT2D eigenvalue weighted by Gasteiger charge is -2.23. The zero-order valence-electron chi connectivity index (χ0n) is 15.7. The molecule has 1 aliphatic rings. The molecule has 1 fully saturated rings. The van der Waals surface area contributed by atoms with E-state index >= 15 is 0 Å². The Morgan fingerprint density at radius 3 is 2.74 bits per heavy atom. The minimum atomic E-state index is -0.321. The van der Waals surface area contributed by atoms with Gasteiger partial charge in [0.15, 0.2) is 11.4 Å². The predicted octanol–water partition coefficient (Wildman–Crippen LogP) is 3.63. The van der Waals surface area contributed by atoms with Crippen molar-refractivity contribution in [2.45, 2.75) is 45.8 Å². The van der Waals surface area contributed by atoms with Gasteiger partial charge in [0, 0.05) is 0 Å². The van der Waals surface area contributed by atoms with Crippen LogP contribution in [0.15, 0.2) is 18.2 Å². The molecule has 0 bridgehead atoms. The normalized spacial score (nSPS) is 14.7. The van der Waals surface area contributed by atoms with Crippen LogP contribution in [-0.2, 0) is 0 Å². The fourth-order valence-electron chi connectivity index (χ4n) is 3.09. The average molecular weight is 414 g/mol. The van der Waals surface area contributed by atoms with Crippen molar-refractivity contribution in [1.29, 1.82) is 0 Å². The van der Waals surface area contributed by atoms with Crippen LogP contribution in [0.5, 0.6) is 5.75 Å². The maximum Gasteiger partial charge on any atom is 0.278 e. The molecule has 1 aliphatic heterocycles. The summed E-state index contributed by atoms with van der Waals surface area (Å²) in [5.41, 5.74) is 1.61. The summed E-state index contributed by atoms with van der Waals surface area (Å²) in [6, 6.07) is 5.53. The van der Waals surface area contributed by atoms with E-state index in [1.807, 2.05) is 25.5 Å². The van der Waals surface area contributed by atoms with Gasteiger partial charge in [-0.3, -0.25) is 4.79 Å². The summed E-state index contributed by atoms with van der Waals surface area (Å²) in [6.07, 6.45) is 1.89. The number of piperidine rings is 1. The van der Waals surface area contributed by atoms with E-state index < -0.39 is 0 Å². The fraction of sp³-hybridized carbons (Fsp3) is 0.500. The second-order valence-electron chi connectivity index (χ2n) is 6.69. The molecule has 1 saturated heterocycles. The van der Waals surface area contributed by atoms with Gasteiger partial charge in [0.1, 0.15) is 0 Å². The minimum absolute atomic E-state index is 0. The number of benzene rings is 1. The highest BCUT2D eigenvalue weighted by Crippen LogP contribution is 2.34. The van der Waals surface area contributed by atoms with E-state index in [-0.39, 0.29) is 30.5 Å². The molecule has 2 aromatic rings. The van der Waals surface area contributed by atoms with Crippen LogP contribution >= 0.6 is 24.0 Å². The molecule has 1 aromatic carbocycles. The zero-order valence-corrected chi connectivity index (χ0v) is 17.2. The molecular weight excluding hydrogens is 389 g/mol. The summed E-state index contributed by atoms with van der Waals surface area (Å²) < 4.78 is 7.61. The Balaban J connectivity index is 0.00000261. The van der Waals surface area contributed by atoms with Crippen molar-refractivity contribution in [1.82, 2.24) is 20.3 Å². The van der Waals surface area contributed by atoms with Crippen LogP contribution in [0.1, 0.15) is 48.9 Å². The molecule has 0 atom stereocenters. The topological polar surface area (TPSA) is 81.1 Å². The van der Waals surface area contributed by atoms with Gasteiger partial charge in [0.05, 0.1) is 28.5 Å². The van der Waals surface area contributed by atoms with Crippen LogP contribution in [0.2, 0.25) is 5.02 Å². The number of amides is 1. The van der Waals surface area contributed by atoms with Crippen molar-refractivity contribution >= 4 is 35.6 Å². The van der Waals surface area contributed by atoms with Crippen LogP contribution < -0.4 is 15.4 Å². The number of aromatic nitrogens is 3. The Morgan fingerprint density at radius 1 is 1.37 bits per heavy atom. The van der Waals surface area contributed by atoms with Crippen molar-refractivity contribution in [2.24, 2.45) is 0 Å². The van der Waals surface area contributed by atoms with Crippen LogP contribution in [0.4, 0.5) is 5.69 Å². The van der Waals surface area contributed by atoms with Gasteiger partial charge in [-0.05, 0) is 58.8 Å². The first-order valence-corrected chi connectivity index (χ1v) is 9.24. The van der Waals surface area contributed by atoms with Crippen molar-refractivity contribution in [2.75, 3.05) is 18.4 Å². The number of rotatable bonds is 5. The van der Waals surface area contributed by atoms with E-state index in [4.69, 9.17) is 16.3 Å².